The van der Waals surface area contributed by atoms with Gasteiger partial charge in [-0.2, -0.15) is 0 Å². The van der Waals surface area contributed by atoms with Crippen LogP contribution in [0.15, 0.2) is 42.5 Å². The number of hydrogen-bond acceptors (Lipinski definition) is 2. The van der Waals surface area contributed by atoms with Gasteiger partial charge >= 0.3 is 5.97 Å². The molecule has 0 unspecified atom stereocenters. The Bertz CT molecular complexity index is 873. The standard InChI is InChI=1S/C24H26F2O2/c1-2-28-22(27)15-21-17(9-10-24(21)11-12-24)13-18-6-4-8-20(23(18)26)16-5-3-7-19(25)14-16/h3-8,14,17,21H,2,9-13,15H2,1H3/t17-,21+/m0/s1. The zero-order chi connectivity index (χ0) is 19.7. The van der Waals surface area contributed by atoms with Crippen LogP contribution in [0, 0.1) is 28.9 Å². The molecule has 1 spiro atoms. The van der Waals surface area contributed by atoms with E-state index in [4.69, 9.17) is 4.74 Å². The highest BCUT2D eigenvalue weighted by molar-refractivity contribution is 5.70. The highest BCUT2D eigenvalue weighted by Crippen LogP contribution is 2.64. The van der Waals surface area contributed by atoms with E-state index in [1.807, 2.05) is 19.1 Å². The number of rotatable bonds is 6. The van der Waals surface area contributed by atoms with E-state index in [0.29, 0.717) is 36.1 Å². The maximum Gasteiger partial charge on any atom is 0.306 e. The minimum atomic E-state index is -0.372. The Hall–Kier alpha value is -2.23. The summed E-state index contributed by atoms with van der Waals surface area (Å²) in [5, 5.41) is 0. The fourth-order valence-corrected chi connectivity index (χ4v) is 5.07. The maximum atomic E-state index is 15.2. The molecule has 2 aromatic rings. The van der Waals surface area contributed by atoms with E-state index in [-0.39, 0.29) is 34.9 Å². The number of carbonyl (C=O) groups is 1. The van der Waals surface area contributed by atoms with Crippen LogP contribution in [0.1, 0.15) is 44.6 Å². The van der Waals surface area contributed by atoms with E-state index in [0.717, 1.165) is 12.8 Å². The van der Waals surface area contributed by atoms with Gasteiger partial charge in [0.15, 0.2) is 0 Å². The van der Waals surface area contributed by atoms with Gasteiger partial charge < -0.3 is 4.74 Å². The Kier molecular flexibility index (Phi) is 5.22. The number of benzene rings is 2. The average Bonchev–Trinajstić information content (AvgIpc) is 3.38. The summed E-state index contributed by atoms with van der Waals surface area (Å²) in [6.45, 7) is 2.22. The second-order valence-corrected chi connectivity index (χ2v) is 8.27. The quantitative estimate of drug-likeness (QED) is 0.577. The lowest BCUT2D eigenvalue weighted by atomic mass is 9.81. The number of hydrogen-bond donors (Lipinski definition) is 0. The minimum Gasteiger partial charge on any atom is -0.466 e. The normalized spacial score (nSPS) is 22.4. The highest BCUT2D eigenvalue weighted by atomic mass is 19.1. The van der Waals surface area contributed by atoms with Gasteiger partial charge in [-0.15, -0.1) is 0 Å². The van der Waals surface area contributed by atoms with E-state index in [2.05, 4.69) is 0 Å². The van der Waals surface area contributed by atoms with Crippen LogP contribution in [0.25, 0.3) is 11.1 Å². The lowest BCUT2D eigenvalue weighted by molar-refractivity contribution is -0.145. The van der Waals surface area contributed by atoms with Crippen LogP contribution in [0.5, 0.6) is 0 Å². The average molecular weight is 384 g/mol. The Balaban J connectivity index is 1.57. The summed E-state index contributed by atoms with van der Waals surface area (Å²) in [4.78, 5) is 12.1. The molecule has 2 atom stereocenters. The van der Waals surface area contributed by atoms with Gasteiger partial charge in [0, 0.05) is 12.0 Å². The van der Waals surface area contributed by atoms with Gasteiger partial charge in [0.05, 0.1) is 6.61 Å². The molecule has 4 heteroatoms. The van der Waals surface area contributed by atoms with Crippen molar-refractivity contribution < 1.29 is 18.3 Å². The van der Waals surface area contributed by atoms with Gasteiger partial charge in [0.1, 0.15) is 11.6 Å². The molecule has 2 aliphatic rings. The summed E-state index contributed by atoms with van der Waals surface area (Å²) in [7, 11) is 0. The topological polar surface area (TPSA) is 26.3 Å². The van der Waals surface area contributed by atoms with Crippen LogP contribution < -0.4 is 0 Å². The second kappa shape index (κ2) is 7.65. The zero-order valence-corrected chi connectivity index (χ0v) is 16.2. The van der Waals surface area contributed by atoms with Crippen molar-refractivity contribution in [3.63, 3.8) is 0 Å². The van der Waals surface area contributed by atoms with E-state index >= 15 is 4.39 Å². The fourth-order valence-electron chi connectivity index (χ4n) is 5.07. The molecule has 148 valence electrons. The summed E-state index contributed by atoms with van der Waals surface area (Å²) in [6.07, 6.45) is 5.52. The van der Waals surface area contributed by atoms with Crippen LogP contribution in [0.3, 0.4) is 0 Å². The van der Waals surface area contributed by atoms with E-state index in [1.54, 1.807) is 18.2 Å². The maximum absolute atomic E-state index is 15.2. The molecule has 0 radical (unpaired) electrons. The van der Waals surface area contributed by atoms with Gasteiger partial charge in [-0.25, -0.2) is 8.78 Å². The third-order valence-corrected chi connectivity index (χ3v) is 6.65. The molecule has 0 saturated heterocycles. The van der Waals surface area contributed by atoms with Gasteiger partial charge in [-0.3, -0.25) is 4.79 Å². The van der Waals surface area contributed by atoms with Gasteiger partial charge in [-0.1, -0.05) is 30.3 Å². The molecule has 0 bridgehead atoms. The lowest BCUT2D eigenvalue weighted by Gasteiger charge is -2.24. The molecule has 2 aliphatic carbocycles. The van der Waals surface area contributed by atoms with Crippen molar-refractivity contribution in [2.45, 2.75) is 45.4 Å². The molecule has 0 aliphatic heterocycles. The summed E-state index contributed by atoms with van der Waals surface area (Å²) < 4.78 is 34.0. The second-order valence-electron chi connectivity index (χ2n) is 8.27. The van der Waals surface area contributed by atoms with Crippen molar-refractivity contribution in [3.8, 4) is 11.1 Å². The van der Waals surface area contributed by atoms with E-state index in [1.165, 1.54) is 25.0 Å². The Morgan fingerprint density at radius 1 is 1.14 bits per heavy atom. The third-order valence-electron chi connectivity index (χ3n) is 6.65. The predicted octanol–water partition coefficient (Wildman–Crippen LogP) is 5.93. The van der Waals surface area contributed by atoms with Crippen LogP contribution >= 0.6 is 0 Å². The molecule has 2 fully saturated rings. The molecular weight excluding hydrogens is 358 g/mol. The Morgan fingerprint density at radius 3 is 2.64 bits per heavy atom. The van der Waals surface area contributed by atoms with Crippen LogP contribution in [-0.4, -0.2) is 12.6 Å². The Labute approximate surface area is 164 Å². The molecule has 0 N–H and O–H groups in total. The van der Waals surface area contributed by atoms with Crippen molar-refractivity contribution in [1.29, 1.82) is 0 Å². The van der Waals surface area contributed by atoms with Crippen LogP contribution in [0.4, 0.5) is 8.78 Å². The highest BCUT2D eigenvalue weighted by Gasteiger charge is 2.56. The molecule has 0 heterocycles. The zero-order valence-electron chi connectivity index (χ0n) is 16.2. The predicted molar refractivity (Wildman–Crippen MR) is 105 cm³/mol. The van der Waals surface area contributed by atoms with Gasteiger partial charge in [0.2, 0.25) is 0 Å². The SMILES string of the molecule is CCOC(=O)C[C@@H]1[C@H](Cc2cccc(-c3cccc(F)c3)c2F)CCC12CC2. The molecule has 0 aromatic heterocycles. The van der Waals surface area contributed by atoms with Crippen molar-refractivity contribution in [3.05, 3.63) is 59.7 Å². The summed E-state index contributed by atoms with van der Waals surface area (Å²) in [5.74, 6) is -0.240. The molecule has 2 aromatic carbocycles. The fraction of sp³-hybridized carbons (Fsp3) is 0.458. The van der Waals surface area contributed by atoms with Crippen LogP contribution in [0.2, 0.25) is 0 Å². The monoisotopic (exact) mass is 384 g/mol. The molecule has 4 rings (SSSR count). The third kappa shape index (κ3) is 3.69. The number of halogens is 2. The molecule has 28 heavy (non-hydrogen) atoms. The summed E-state index contributed by atoms with van der Waals surface area (Å²) >= 11 is 0. The first kappa shape index (κ1) is 19.1. The smallest absolute Gasteiger partial charge is 0.306 e. The number of carbonyl (C=O) groups excluding carboxylic acids is 1. The summed E-state index contributed by atoms with van der Waals surface area (Å²) in [6, 6.07) is 11.4. The van der Waals surface area contributed by atoms with Gasteiger partial charge in [0.25, 0.3) is 0 Å². The lowest BCUT2D eigenvalue weighted by Crippen LogP contribution is -2.23. The molecule has 2 saturated carbocycles. The molecule has 0 amide bonds. The first-order valence-corrected chi connectivity index (χ1v) is 10.2. The molecular formula is C24H26F2O2. The molecule has 2 nitrogen and oxygen atoms in total. The van der Waals surface area contributed by atoms with E-state index < -0.39 is 0 Å². The number of esters is 1. The number of ether oxygens (including phenoxy) is 1. The summed E-state index contributed by atoms with van der Waals surface area (Å²) in [5.41, 5.74) is 1.90. The van der Waals surface area contributed by atoms with Crippen molar-refractivity contribution in [2.24, 2.45) is 17.3 Å². The first-order valence-electron chi connectivity index (χ1n) is 10.2. The first-order chi connectivity index (χ1) is 13.5. The van der Waals surface area contributed by atoms with Crippen molar-refractivity contribution in [2.75, 3.05) is 6.61 Å². The van der Waals surface area contributed by atoms with Crippen molar-refractivity contribution >= 4 is 5.97 Å². The largest absolute Gasteiger partial charge is 0.466 e. The Morgan fingerprint density at radius 2 is 1.93 bits per heavy atom. The van der Waals surface area contributed by atoms with Gasteiger partial charge in [-0.05, 0) is 79.5 Å². The minimum absolute atomic E-state index is 0.139. The van der Waals surface area contributed by atoms with Crippen molar-refractivity contribution in [1.82, 2.24) is 0 Å². The van der Waals surface area contributed by atoms with Crippen LogP contribution in [-0.2, 0) is 16.0 Å². The van der Waals surface area contributed by atoms with E-state index in [9.17, 15) is 9.18 Å².